The summed E-state index contributed by atoms with van der Waals surface area (Å²) in [5.41, 5.74) is 2.06. The Kier molecular flexibility index (Phi) is 6.85. The first-order chi connectivity index (χ1) is 15.6. The van der Waals surface area contributed by atoms with Crippen molar-refractivity contribution >= 4 is 44.5 Å². The molecule has 1 aliphatic heterocycles. The number of thiazole rings is 1. The maximum absolute atomic E-state index is 14.8. The van der Waals surface area contributed by atoms with E-state index < -0.39 is 32.4 Å². The van der Waals surface area contributed by atoms with Crippen molar-refractivity contribution in [2.45, 2.75) is 23.9 Å². The Labute approximate surface area is 198 Å². The normalized spacial score (nSPS) is 16.8. The van der Waals surface area contributed by atoms with Gasteiger partial charge in [0.15, 0.2) is 5.82 Å². The number of nitrogens with zero attached hydrogens (tertiary/aromatic N) is 3. The van der Waals surface area contributed by atoms with Gasteiger partial charge in [-0.3, -0.25) is 9.62 Å². The first kappa shape index (κ1) is 23.8. The van der Waals surface area contributed by atoms with E-state index in [2.05, 4.69) is 9.71 Å². The molecule has 3 aromatic rings. The zero-order valence-corrected chi connectivity index (χ0v) is 19.8. The highest BCUT2D eigenvalue weighted by Gasteiger charge is 2.29. The van der Waals surface area contributed by atoms with Crippen molar-refractivity contribution in [1.29, 1.82) is 0 Å². The van der Waals surface area contributed by atoms with Crippen molar-refractivity contribution in [2.24, 2.45) is 0 Å². The Balaban J connectivity index is 1.49. The van der Waals surface area contributed by atoms with Crippen LogP contribution in [0.25, 0.3) is 0 Å². The van der Waals surface area contributed by atoms with Crippen LogP contribution in [0, 0.1) is 17.5 Å². The Hall–Kier alpha value is -2.34. The molecule has 176 valence electrons. The minimum Gasteiger partial charge on any atom is -0.369 e. The minimum absolute atomic E-state index is 0.0749. The van der Waals surface area contributed by atoms with E-state index in [-0.39, 0.29) is 29.0 Å². The summed E-state index contributed by atoms with van der Waals surface area (Å²) in [5, 5.41) is 1.56. The molecule has 1 aromatic heterocycles. The molecule has 33 heavy (non-hydrogen) atoms. The van der Waals surface area contributed by atoms with Crippen LogP contribution in [-0.2, 0) is 16.6 Å². The van der Waals surface area contributed by atoms with Gasteiger partial charge in [-0.15, -0.1) is 11.3 Å². The number of hydrogen-bond acceptors (Lipinski definition) is 6. The molecule has 0 radical (unpaired) electrons. The van der Waals surface area contributed by atoms with Gasteiger partial charge in [-0.2, -0.15) is 0 Å². The fourth-order valence-corrected chi connectivity index (χ4v) is 5.83. The van der Waals surface area contributed by atoms with E-state index in [1.807, 2.05) is 4.90 Å². The predicted octanol–water partition coefficient (Wildman–Crippen LogP) is 4.73. The average Bonchev–Trinajstić information content (AvgIpc) is 3.43. The number of rotatable bonds is 7. The molecule has 1 aliphatic rings. The van der Waals surface area contributed by atoms with Crippen molar-refractivity contribution in [3.05, 3.63) is 69.3 Å². The standard InChI is InChI=1S/C21H20ClF3N4O2S2/c1-28(15-4-5-29(10-15)9-13-6-14(23)2-3-17(13)24)19-8-18(25)20(7-16(19)22)33(30,31)27-21-11-32-12-26-21/h2-3,6-8,11-12,15,27H,4-5,9-10H2,1H3. The molecule has 1 N–H and O–H groups in total. The first-order valence-corrected chi connectivity index (χ1v) is 12.7. The van der Waals surface area contributed by atoms with Crippen LogP contribution in [0.4, 0.5) is 24.7 Å². The number of nitrogens with one attached hydrogen (secondary N) is 1. The van der Waals surface area contributed by atoms with Crippen LogP contribution < -0.4 is 9.62 Å². The molecular weight excluding hydrogens is 497 g/mol. The Bertz CT molecular complexity index is 1260. The maximum Gasteiger partial charge on any atom is 0.266 e. The van der Waals surface area contributed by atoms with Gasteiger partial charge in [0, 0.05) is 49.7 Å². The molecule has 1 unspecified atom stereocenters. The van der Waals surface area contributed by atoms with Crippen LogP contribution in [0.15, 0.2) is 46.1 Å². The molecule has 4 rings (SSSR count). The number of benzene rings is 2. The molecule has 0 bridgehead atoms. The van der Waals surface area contributed by atoms with Gasteiger partial charge in [0.25, 0.3) is 10.0 Å². The fourth-order valence-electron chi connectivity index (χ4n) is 3.82. The third-order valence-electron chi connectivity index (χ3n) is 5.54. The lowest BCUT2D eigenvalue weighted by atomic mass is 10.2. The van der Waals surface area contributed by atoms with Crippen molar-refractivity contribution in [3.63, 3.8) is 0 Å². The molecule has 1 atom stereocenters. The van der Waals surface area contributed by atoms with Gasteiger partial charge < -0.3 is 4.90 Å². The lowest BCUT2D eigenvalue weighted by Gasteiger charge is -2.28. The van der Waals surface area contributed by atoms with Crippen molar-refractivity contribution in [3.8, 4) is 0 Å². The Morgan fingerprint density at radius 1 is 1.24 bits per heavy atom. The molecule has 0 aliphatic carbocycles. The largest absolute Gasteiger partial charge is 0.369 e. The summed E-state index contributed by atoms with van der Waals surface area (Å²) in [7, 11) is -2.47. The van der Waals surface area contributed by atoms with Crippen LogP contribution in [0.3, 0.4) is 0 Å². The van der Waals surface area contributed by atoms with Gasteiger partial charge in [0.2, 0.25) is 0 Å². The predicted molar refractivity (Wildman–Crippen MR) is 123 cm³/mol. The van der Waals surface area contributed by atoms with E-state index in [9.17, 15) is 21.6 Å². The van der Waals surface area contributed by atoms with Crippen LogP contribution >= 0.6 is 22.9 Å². The molecule has 0 spiro atoms. The molecular formula is C21H20ClF3N4O2S2. The second-order valence-corrected chi connectivity index (χ2v) is 10.5. The molecule has 1 fully saturated rings. The molecule has 1 saturated heterocycles. The number of aromatic nitrogens is 1. The van der Waals surface area contributed by atoms with E-state index >= 15 is 0 Å². The summed E-state index contributed by atoms with van der Waals surface area (Å²) in [4.78, 5) is 7.01. The molecule has 6 nitrogen and oxygen atoms in total. The summed E-state index contributed by atoms with van der Waals surface area (Å²) in [6, 6.07) is 5.45. The van der Waals surface area contributed by atoms with E-state index in [0.717, 1.165) is 24.3 Å². The van der Waals surface area contributed by atoms with Gasteiger partial charge >= 0.3 is 0 Å². The summed E-state index contributed by atoms with van der Waals surface area (Å²) in [6.07, 6.45) is 0.691. The number of anilines is 2. The topological polar surface area (TPSA) is 65.5 Å². The highest BCUT2D eigenvalue weighted by Crippen LogP contribution is 2.33. The zero-order chi connectivity index (χ0) is 23.8. The van der Waals surface area contributed by atoms with Gasteiger partial charge in [-0.25, -0.2) is 26.6 Å². The number of hydrogen-bond donors (Lipinski definition) is 1. The van der Waals surface area contributed by atoms with Gasteiger partial charge in [-0.1, -0.05) is 11.6 Å². The number of likely N-dealkylation sites (tertiary alicyclic amines) is 1. The summed E-state index contributed by atoms with van der Waals surface area (Å²) in [6.45, 7) is 1.40. The third kappa shape index (κ3) is 5.26. The number of likely N-dealkylation sites (N-methyl/N-ethyl adjacent to an activating group) is 1. The highest BCUT2D eigenvalue weighted by atomic mass is 35.5. The molecule has 0 amide bonds. The molecule has 12 heteroatoms. The molecule has 0 saturated carbocycles. The van der Waals surface area contributed by atoms with E-state index in [1.165, 1.54) is 28.3 Å². The first-order valence-electron chi connectivity index (χ1n) is 9.93. The average molecular weight is 517 g/mol. The highest BCUT2D eigenvalue weighted by molar-refractivity contribution is 7.92. The van der Waals surface area contributed by atoms with Crippen LogP contribution in [0.1, 0.15) is 12.0 Å². The third-order valence-corrected chi connectivity index (χ3v) is 7.80. The van der Waals surface area contributed by atoms with Crippen LogP contribution in [-0.4, -0.2) is 44.5 Å². The van der Waals surface area contributed by atoms with Crippen LogP contribution in [0.5, 0.6) is 0 Å². The minimum atomic E-state index is -4.21. The molecule has 2 aromatic carbocycles. The van der Waals surface area contributed by atoms with Gasteiger partial charge in [-0.05, 0) is 30.7 Å². The summed E-state index contributed by atoms with van der Waals surface area (Å²) >= 11 is 7.55. The van der Waals surface area contributed by atoms with Gasteiger partial charge in [0.1, 0.15) is 22.3 Å². The monoisotopic (exact) mass is 516 g/mol. The van der Waals surface area contributed by atoms with Crippen molar-refractivity contribution < 1.29 is 21.6 Å². The van der Waals surface area contributed by atoms with Crippen molar-refractivity contribution in [2.75, 3.05) is 29.8 Å². The zero-order valence-electron chi connectivity index (χ0n) is 17.4. The van der Waals surface area contributed by atoms with Gasteiger partial charge in [0.05, 0.1) is 16.2 Å². The lowest BCUT2D eigenvalue weighted by molar-refractivity contribution is 0.319. The smallest absolute Gasteiger partial charge is 0.266 e. The van der Waals surface area contributed by atoms with E-state index in [0.29, 0.717) is 25.2 Å². The molecule has 2 heterocycles. The Morgan fingerprint density at radius 2 is 2.03 bits per heavy atom. The number of halogens is 4. The SMILES string of the molecule is CN(c1cc(F)c(S(=O)(=O)Nc2cscn2)cc1Cl)C1CCN(Cc2cc(F)ccc2F)C1. The van der Waals surface area contributed by atoms with Crippen LogP contribution in [0.2, 0.25) is 5.02 Å². The quantitative estimate of drug-likeness (QED) is 0.492. The summed E-state index contributed by atoms with van der Waals surface area (Å²) < 4.78 is 69.6. The van der Waals surface area contributed by atoms with Crippen molar-refractivity contribution in [1.82, 2.24) is 9.88 Å². The van der Waals surface area contributed by atoms with E-state index in [4.69, 9.17) is 11.6 Å². The second-order valence-electron chi connectivity index (χ2n) is 7.74. The lowest BCUT2D eigenvalue weighted by Crippen LogP contribution is -2.34. The second kappa shape index (κ2) is 9.49. The fraction of sp³-hybridized carbons (Fsp3) is 0.286. The Morgan fingerprint density at radius 3 is 2.76 bits per heavy atom. The summed E-state index contributed by atoms with van der Waals surface area (Å²) in [5.74, 6) is -1.82. The maximum atomic E-state index is 14.8. The number of sulfonamides is 1. The van der Waals surface area contributed by atoms with E-state index in [1.54, 1.807) is 11.9 Å².